The largest absolute Gasteiger partial charge is 0.383 e. The van der Waals surface area contributed by atoms with Gasteiger partial charge in [-0.05, 0) is 17.0 Å². The lowest BCUT2D eigenvalue weighted by molar-refractivity contribution is 0.233. The van der Waals surface area contributed by atoms with Gasteiger partial charge in [0.2, 0.25) is 0 Å². The van der Waals surface area contributed by atoms with E-state index in [2.05, 4.69) is 0 Å². The second-order valence-electron chi connectivity index (χ2n) is 3.23. The molecule has 0 fully saturated rings. The molecule has 1 N–H and O–H groups in total. The maximum atomic E-state index is 9.79. The first-order valence-electron chi connectivity index (χ1n) is 4.81. The fraction of sp³-hybridized carbons (Fsp3) is 0.0769. The molecular weight excluding hydrogens is 204 g/mol. The summed E-state index contributed by atoms with van der Waals surface area (Å²) in [5, 5.41) is 11.8. The van der Waals surface area contributed by atoms with Crippen LogP contribution in [0.5, 0.6) is 0 Å². The predicted octanol–water partition coefficient (Wildman–Crippen LogP) is 3.49. The van der Waals surface area contributed by atoms with Crippen LogP contribution < -0.4 is 0 Å². The van der Waals surface area contributed by atoms with Gasteiger partial charge in [0.25, 0.3) is 0 Å². The van der Waals surface area contributed by atoms with Crippen molar-refractivity contribution in [3.63, 3.8) is 0 Å². The summed E-state index contributed by atoms with van der Waals surface area (Å²) >= 11 is 1.56. The monoisotopic (exact) mass is 216 g/mol. The Kier molecular flexibility index (Phi) is 3.33. The highest BCUT2D eigenvalue weighted by atomic mass is 32.1. The second kappa shape index (κ2) is 4.91. The molecule has 0 aliphatic rings. The minimum atomic E-state index is -0.495. The molecule has 2 aromatic rings. The van der Waals surface area contributed by atoms with E-state index in [1.54, 1.807) is 17.4 Å². The molecule has 76 valence electrons. The predicted molar refractivity (Wildman–Crippen MR) is 64.8 cm³/mol. The molecule has 0 saturated carbocycles. The van der Waals surface area contributed by atoms with Crippen molar-refractivity contribution in [1.29, 1.82) is 0 Å². The molecule has 1 aromatic heterocycles. The summed E-state index contributed by atoms with van der Waals surface area (Å²) in [6.45, 7) is 0. The molecule has 0 aliphatic carbocycles. The van der Waals surface area contributed by atoms with E-state index in [4.69, 9.17) is 0 Å². The molecule has 0 aliphatic heterocycles. The summed E-state index contributed by atoms with van der Waals surface area (Å²) in [5.74, 6) is 0. The van der Waals surface area contributed by atoms with E-state index in [0.717, 1.165) is 10.4 Å². The van der Waals surface area contributed by atoms with Crippen LogP contribution in [0.2, 0.25) is 0 Å². The van der Waals surface area contributed by atoms with Crippen LogP contribution in [0.25, 0.3) is 6.08 Å². The molecular formula is C13H12OS. The van der Waals surface area contributed by atoms with Crippen LogP contribution >= 0.6 is 11.3 Å². The van der Waals surface area contributed by atoms with Crippen LogP contribution in [0.4, 0.5) is 0 Å². The third-order valence-corrected chi connectivity index (χ3v) is 3.05. The van der Waals surface area contributed by atoms with Crippen molar-refractivity contribution in [3.8, 4) is 0 Å². The molecule has 1 aromatic carbocycles. The number of hydrogen-bond acceptors (Lipinski definition) is 2. The molecule has 1 heterocycles. The third kappa shape index (κ3) is 2.78. The van der Waals surface area contributed by atoms with Crippen LogP contribution in [0, 0.1) is 0 Å². The highest BCUT2D eigenvalue weighted by molar-refractivity contribution is 7.10. The average Bonchev–Trinajstić information content (AvgIpc) is 2.81. The summed E-state index contributed by atoms with van der Waals surface area (Å²) in [4.78, 5) is 0.974. The van der Waals surface area contributed by atoms with Gasteiger partial charge in [-0.2, -0.15) is 0 Å². The maximum Gasteiger partial charge on any atom is 0.107 e. The van der Waals surface area contributed by atoms with Gasteiger partial charge in [-0.1, -0.05) is 48.6 Å². The second-order valence-corrected chi connectivity index (χ2v) is 4.21. The standard InChI is InChI=1S/C13H12OS/c14-12(13-7-4-10-15-13)9-8-11-5-2-1-3-6-11/h1-10,12,14H/b9-8+/t12-/m1/s1. The Morgan fingerprint density at radius 1 is 1.07 bits per heavy atom. The Labute approximate surface area is 93.3 Å². The molecule has 1 atom stereocenters. The molecule has 0 amide bonds. The quantitative estimate of drug-likeness (QED) is 0.832. The topological polar surface area (TPSA) is 20.2 Å². The lowest BCUT2D eigenvalue weighted by Gasteiger charge is -2.00. The van der Waals surface area contributed by atoms with E-state index in [1.807, 2.05) is 53.9 Å². The zero-order chi connectivity index (χ0) is 10.5. The molecule has 2 rings (SSSR count). The lowest BCUT2D eigenvalue weighted by Crippen LogP contribution is -1.87. The molecule has 0 bridgehead atoms. The van der Waals surface area contributed by atoms with Crippen LogP contribution in [0.3, 0.4) is 0 Å². The average molecular weight is 216 g/mol. The Bertz CT molecular complexity index is 417. The van der Waals surface area contributed by atoms with Crippen molar-refractivity contribution in [2.45, 2.75) is 6.10 Å². The van der Waals surface area contributed by atoms with Crippen molar-refractivity contribution >= 4 is 17.4 Å². The highest BCUT2D eigenvalue weighted by Gasteiger charge is 2.02. The molecule has 0 radical (unpaired) electrons. The number of aliphatic hydroxyl groups excluding tert-OH is 1. The zero-order valence-electron chi connectivity index (χ0n) is 8.21. The number of aliphatic hydroxyl groups is 1. The number of thiophene rings is 1. The maximum absolute atomic E-state index is 9.79. The van der Waals surface area contributed by atoms with Gasteiger partial charge in [-0.25, -0.2) is 0 Å². The van der Waals surface area contributed by atoms with Gasteiger partial charge in [0.15, 0.2) is 0 Å². The molecule has 0 saturated heterocycles. The van der Waals surface area contributed by atoms with E-state index in [9.17, 15) is 5.11 Å². The van der Waals surface area contributed by atoms with Crippen molar-refractivity contribution in [3.05, 3.63) is 64.4 Å². The smallest absolute Gasteiger partial charge is 0.107 e. The van der Waals surface area contributed by atoms with Crippen LogP contribution in [0.1, 0.15) is 16.5 Å². The van der Waals surface area contributed by atoms with E-state index >= 15 is 0 Å². The summed E-state index contributed by atoms with van der Waals surface area (Å²) in [6, 6.07) is 13.8. The van der Waals surface area contributed by atoms with E-state index < -0.39 is 6.10 Å². The Morgan fingerprint density at radius 3 is 2.53 bits per heavy atom. The molecule has 15 heavy (non-hydrogen) atoms. The van der Waals surface area contributed by atoms with Crippen molar-refractivity contribution in [1.82, 2.24) is 0 Å². The van der Waals surface area contributed by atoms with Gasteiger partial charge >= 0.3 is 0 Å². The van der Waals surface area contributed by atoms with Gasteiger partial charge in [0.05, 0.1) is 0 Å². The Balaban J connectivity index is 2.06. The molecule has 1 nitrogen and oxygen atoms in total. The van der Waals surface area contributed by atoms with E-state index in [1.165, 1.54) is 0 Å². The van der Waals surface area contributed by atoms with Crippen molar-refractivity contribution in [2.75, 3.05) is 0 Å². The SMILES string of the molecule is O[C@H](/C=C/c1ccccc1)c1cccs1. The Hall–Kier alpha value is -1.38. The summed E-state index contributed by atoms with van der Waals surface area (Å²) in [5.41, 5.74) is 1.10. The lowest BCUT2D eigenvalue weighted by atomic mass is 10.2. The van der Waals surface area contributed by atoms with E-state index in [0.29, 0.717) is 0 Å². The highest BCUT2D eigenvalue weighted by Crippen LogP contribution is 2.20. The van der Waals surface area contributed by atoms with Crippen LogP contribution in [-0.4, -0.2) is 5.11 Å². The zero-order valence-corrected chi connectivity index (χ0v) is 9.02. The third-order valence-electron chi connectivity index (χ3n) is 2.11. The first-order chi connectivity index (χ1) is 7.36. The molecule has 0 spiro atoms. The van der Waals surface area contributed by atoms with Crippen molar-refractivity contribution < 1.29 is 5.11 Å². The van der Waals surface area contributed by atoms with Crippen LogP contribution in [0.15, 0.2) is 53.9 Å². The summed E-state index contributed by atoms with van der Waals surface area (Å²) in [6.07, 6.45) is 3.25. The van der Waals surface area contributed by atoms with Gasteiger partial charge in [0.1, 0.15) is 6.10 Å². The van der Waals surface area contributed by atoms with Gasteiger partial charge < -0.3 is 5.11 Å². The summed E-state index contributed by atoms with van der Waals surface area (Å²) < 4.78 is 0. The summed E-state index contributed by atoms with van der Waals surface area (Å²) in [7, 11) is 0. The van der Waals surface area contributed by atoms with Crippen molar-refractivity contribution in [2.24, 2.45) is 0 Å². The minimum Gasteiger partial charge on any atom is -0.383 e. The first-order valence-corrected chi connectivity index (χ1v) is 5.69. The number of rotatable bonds is 3. The van der Waals surface area contributed by atoms with E-state index in [-0.39, 0.29) is 0 Å². The Morgan fingerprint density at radius 2 is 1.87 bits per heavy atom. The van der Waals surface area contributed by atoms with Gasteiger partial charge in [0, 0.05) is 4.88 Å². The molecule has 2 heteroatoms. The van der Waals surface area contributed by atoms with Gasteiger partial charge in [-0.15, -0.1) is 11.3 Å². The number of benzene rings is 1. The molecule has 0 unspecified atom stereocenters. The normalized spacial score (nSPS) is 13.1. The van der Waals surface area contributed by atoms with Gasteiger partial charge in [-0.3, -0.25) is 0 Å². The minimum absolute atomic E-state index is 0.495. The fourth-order valence-corrected chi connectivity index (χ4v) is 2.01. The number of hydrogen-bond donors (Lipinski definition) is 1. The van der Waals surface area contributed by atoms with Crippen LogP contribution in [-0.2, 0) is 0 Å². The first kappa shape index (κ1) is 10.1. The fourth-order valence-electron chi connectivity index (χ4n) is 1.32.